The van der Waals surface area contributed by atoms with Gasteiger partial charge in [0.25, 0.3) is 38.9 Å². The fraction of sp³-hybridized carbons (Fsp3) is 0.170. The standard InChI is InChI=1S/C13H11NO2.C13H12O4.C12H12O2.2C10H10O2.C8H9NO3S2.C7H9NO4S3.C7H7NO4S.C7H7NO3S2.C7H7NO2/c1-2-3-10-4-6-11(7-5-10)8-12(9-14)13(15)16;1-2-3-9-4-6-10(7-5-9)8-11(12(14)15)13(16)17;1-2-3-10-4-6-11(7-5-10)8-9-12(13)14;1-2-4-8-5-3-6-9(7-8)10(11)12;1-2-3-8-4-6-9(7-5-8)10(11)12;1-2-5-7(12)9(8(13)14-5)4-3-6(10)11;1-2-5-6(9)8(7(13)14-5)3-4-15(10,11)12;1-2-4-6(11)8(3-5(9)10)7(13)12-4;1-2-4-6(11)8(3-5(9)10)7(12)13-4;1-2-3-4-6(5-8)7(9)10/h2-8H,1H3,(H,15,16);2-8H,1H3,(H,14,15)(H,16,17);2-9H,1H3,(H,13,14);2*2-7H,1H3,(H,11,12);2H,3-4H2,1H3,(H,10,11);2H,3-4H2,1H3,(H,10,11,12);2*2H,3H2,1H3,(H,9,10);2-4H,1H3,(H,9,10)/b;;;;;2*5-2+;2*4-2+;. The summed E-state index contributed by atoms with van der Waals surface area (Å²) in [5.41, 5.74) is 6.66. The van der Waals surface area contributed by atoms with Crippen LogP contribution in [0, 0.1) is 22.7 Å². The monoisotopic (exact) mass is 2010 g/mol. The molecule has 4 aliphatic heterocycles. The number of benzene rings is 5. The zero-order valence-corrected chi connectivity index (χ0v) is 80.8. The summed E-state index contributed by atoms with van der Waals surface area (Å²) in [5.74, 6) is -12.9. The number of carboxylic acids is 10. The number of amides is 4. The van der Waals surface area contributed by atoms with Gasteiger partial charge in [0.2, 0.25) is 0 Å². The van der Waals surface area contributed by atoms with Crippen LogP contribution in [0.3, 0.4) is 0 Å². The third-order valence-electron chi connectivity index (χ3n) is 15.8. The maximum atomic E-state index is 11.5. The Kier molecular flexibility index (Phi) is 58.5. The van der Waals surface area contributed by atoms with Gasteiger partial charge in [0.1, 0.15) is 54.9 Å². The fourth-order valence-corrected chi connectivity index (χ4v) is 13.8. The van der Waals surface area contributed by atoms with Gasteiger partial charge in [0, 0.05) is 19.2 Å². The van der Waals surface area contributed by atoms with E-state index in [0.29, 0.717) is 49.9 Å². The van der Waals surface area contributed by atoms with Gasteiger partial charge in [-0.25, -0.2) is 33.6 Å². The number of carboxylic acid groups (broad SMARTS) is 10. The van der Waals surface area contributed by atoms with Gasteiger partial charge in [-0.3, -0.25) is 57.7 Å². The zero-order valence-electron chi connectivity index (χ0n) is 74.2. The number of aromatic carboxylic acids is 2. The topological polar surface area (TPSA) is 565 Å². The van der Waals surface area contributed by atoms with Crippen molar-refractivity contribution in [2.24, 2.45) is 0 Å². The number of thioether (sulfide) groups is 3. The molecule has 4 heterocycles. The number of rotatable bonds is 26. The number of nitriles is 2. The largest absolute Gasteiger partial charge is 0.481 e. The lowest BCUT2D eigenvalue weighted by Gasteiger charge is -2.12. The molecule has 5 aromatic rings. The Labute approximate surface area is 817 Å². The number of allylic oxidation sites excluding steroid dienone is 12. The summed E-state index contributed by atoms with van der Waals surface area (Å²) in [6.45, 7) is 17.3. The number of ether oxygens (including phenoxy) is 1. The third kappa shape index (κ3) is 48.0. The van der Waals surface area contributed by atoms with Crippen LogP contribution in [-0.4, -0.2) is 217 Å². The third-order valence-corrected chi connectivity index (χ3v) is 21.3. The van der Waals surface area contributed by atoms with Gasteiger partial charge in [0.05, 0.1) is 38.0 Å². The molecule has 0 atom stereocenters. The Hall–Kier alpha value is -14.9. The van der Waals surface area contributed by atoms with Crippen LogP contribution < -0.4 is 0 Å². The number of aliphatic carboxylic acids is 8. The second-order valence-corrected chi connectivity index (χ2v) is 32.6. The molecule has 9 rings (SSSR count). The van der Waals surface area contributed by atoms with E-state index in [1.165, 1.54) is 45.9 Å². The Morgan fingerprint density at radius 2 is 0.765 bits per heavy atom. The average molecular weight is 2010 g/mol. The molecule has 0 saturated carbocycles. The number of nitrogens with zero attached hydrogens (tertiary/aromatic N) is 6. The van der Waals surface area contributed by atoms with Crippen molar-refractivity contribution in [2.45, 2.75) is 75.7 Å². The van der Waals surface area contributed by atoms with Gasteiger partial charge in [-0.05, 0) is 181 Å². The number of hydrogen-bond donors (Lipinski definition) is 11. The second-order valence-electron chi connectivity index (χ2n) is 25.7. The molecule has 136 heavy (non-hydrogen) atoms. The van der Waals surface area contributed by atoms with E-state index in [1.54, 1.807) is 156 Å². The molecule has 4 fully saturated rings. The Morgan fingerprint density at radius 3 is 1.09 bits per heavy atom. The first-order chi connectivity index (χ1) is 64.1. The van der Waals surface area contributed by atoms with Crippen molar-refractivity contribution in [3.8, 4) is 12.1 Å². The molecule has 0 unspecified atom stereocenters. The number of hydrogen-bond acceptors (Lipinski definition) is 26. The highest BCUT2D eigenvalue weighted by atomic mass is 32.2. The molecule has 0 bridgehead atoms. The van der Waals surface area contributed by atoms with Crippen molar-refractivity contribution in [3.05, 3.63) is 293 Å². The number of carbonyl (C=O) groups is 14. The summed E-state index contributed by atoms with van der Waals surface area (Å²) >= 11 is 22.8. The SMILES string of the molecule is C/C=C1/OC(=S)N(CC(=O)O)C1=O.C/C=C1/SC(=S)N(CC(=O)O)C1=O.C/C=C1/SC(=S)N(CCC(=O)O)C1=O.C/C=C1/SC(=S)N(CCS(=O)(=O)O)C1=O.CC=CC=C(C#N)C(=O)O.CC=Cc1ccc(C(=O)O)cc1.CC=Cc1ccc(C=C(C#N)C(=O)O)cc1.CC=Cc1ccc(C=C(C(=O)O)C(=O)O)cc1.CC=Cc1ccc(C=CC(=O)O)cc1.CC=Cc1cccc(C(=O)O)c1. The van der Waals surface area contributed by atoms with Gasteiger partial charge in [-0.1, -0.05) is 260 Å². The maximum absolute atomic E-state index is 11.5. The van der Waals surface area contributed by atoms with E-state index in [4.69, 9.17) is 108 Å². The van der Waals surface area contributed by atoms with Crippen molar-refractivity contribution in [1.29, 1.82) is 10.5 Å². The van der Waals surface area contributed by atoms with E-state index in [0.717, 1.165) is 78.9 Å². The average Bonchev–Trinajstić information content (AvgIpc) is 1.71. The summed E-state index contributed by atoms with van der Waals surface area (Å²) in [4.78, 5) is 156. The second kappa shape index (κ2) is 65.7. The van der Waals surface area contributed by atoms with E-state index in [-0.39, 0.29) is 65.9 Å². The lowest BCUT2D eigenvalue weighted by atomic mass is 10.1. The number of carbonyl (C=O) groups excluding carboxylic acids is 4. The highest BCUT2D eigenvalue weighted by molar-refractivity contribution is 8.27. The zero-order chi connectivity index (χ0) is 103. The normalized spacial score (nSPS) is 14.5. The molecular weight excluding hydrogens is 1920 g/mol. The minimum Gasteiger partial charge on any atom is -0.481 e. The van der Waals surface area contributed by atoms with E-state index in [2.05, 4.69) is 12.2 Å². The van der Waals surface area contributed by atoms with E-state index >= 15 is 0 Å². The molecule has 34 nitrogen and oxygen atoms in total. The molecule has 42 heteroatoms. The smallest absolute Gasteiger partial charge is 0.346 e. The van der Waals surface area contributed by atoms with Crippen molar-refractivity contribution >= 4 is 244 Å². The molecule has 4 aliphatic rings. The van der Waals surface area contributed by atoms with Crippen LogP contribution in [0.2, 0.25) is 0 Å². The first-order valence-corrected chi connectivity index (χ1v) is 44.8. The molecule has 0 aromatic heterocycles. The summed E-state index contributed by atoms with van der Waals surface area (Å²) in [7, 11) is -4.06. The van der Waals surface area contributed by atoms with Crippen molar-refractivity contribution in [1.82, 2.24) is 19.6 Å². The molecule has 0 aliphatic carbocycles. The molecule has 11 N–H and O–H groups in total. The minimum absolute atomic E-state index is 0.0752. The fourth-order valence-electron chi connectivity index (χ4n) is 9.51. The number of thiocarbonyl (C=S) groups is 4. The van der Waals surface area contributed by atoms with Crippen LogP contribution in [0.4, 0.5) is 0 Å². The highest BCUT2D eigenvalue weighted by Crippen LogP contribution is 2.33. The minimum atomic E-state index is -4.06. The van der Waals surface area contributed by atoms with Gasteiger partial charge >= 0.3 is 59.7 Å². The van der Waals surface area contributed by atoms with Gasteiger partial charge < -0.3 is 55.8 Å². The van der Waals surface area contributed by atoms with Crippen molar-refractivity contribution in [2.75, 3.05) is 31.9 Å². The van der Waals surface area contributed by atoms with E-state index in [9.17, 15) is 75.5 Å². The van der Waals surface area contributed by atoms with Crippen LogP contribution in [0.25, 0.3) is 48.6 Å². The van der Waals surface area contributed by atoms with E-state index in [1.807, 2.05) is 138 Å². The highest BCUT2D eigenvalue weighted by Gasteiger charge is 2.36. The first-order valence-electron chi connectivity index (χ1n) is 39.1. The Morgan fingerprint density at radius 1 is 0.404 bits per heavy atom. The summed E-state index contributed by atoms with van der Waals surface area (Å²) in [6.07, 6.45) is 35.0. The van der Waals surface area contributed by atoms with Gasteiger partial charge in [-0.15, -0.1) is 0 Å². The van der Waals surface area contributed by atoms with Crippen LogP contribution >= 0.6 is 84.2 Å². The maximum Gasteiger partial charge on any atom is 0.346 e. The predicted molar refractivity (Wildman–Crippen MR) is 537 cm³/mol. The van der Waals surface area contributed by atoms with Crippen molar-refractivity contribution in [3.63, 3.8) is 0 Å². The molecule has 716 valence electrons. The lowest BCUT2D eigenvalue weighted by Crippen LogP contribution is -2.33. The molecule has 5 aromatic carbocycles. The predicted octanol–water partition coefficient (Wildman–Crippen LogP) is 16.6. The van der Waals surface area contributed by atoms with Gasteiger partial charge in [-0.2, -0.15) is 18.9 Å². The molecule has 0 spiro atoms. The Balaban J connectivity index is 0.00000149. The summed E-state index contributed by atoms with van der Waals surface area (Å²) in [6, 6.07) is 38.6. The quantitative estimate of drug-likeness (QED) is 0.00466. The molecule has 4 saturated heterocycles. The van der Waals surface area contributed by atoms with Crippen LogP contribution in [0.15, 0.2) is 238 Å². The van der Waals surface area contributed by atoms with E-state index < -0.39 is 93.6 Å². The molecular formula is C94H94N6O28S8. The van der Waals surface area contributed by atoms with Crippen LogP contribution in [0.5, 0.6) is 0 Å². The molecule has 4 amide bonds. The summed E-state index contributed by atoms with van der Waals surface area (Å²) < 4.78 is 35.5. The first kappa shape index (κ1) is 121. The van der Waals surface area contributed by atoms with Crippen molar-refractivity contribution < 1.29 is 136 Å². The van der Waals surface area contributed by atoms with Crippen LogP contribution in [-0.2, 0) is 72.4 Å². The van der Waals surface area contributed by atoms with Gasteiger partial charge in [0.15, 0.2) is 5.76 Å². The Bertz CT molecular complexity index is 5810. The summed E-state index contributed by atoms with van der Waals surface area (Å²) in [5, 5.41) is 102. The lowest BCUT2D eigenvalue weighted by molar-refractivity contribution is -0.141. The van der Waals surface area contributed by atoms with Crippen LogP contribution in [0.1, 0.15) is 141 Å². The molecule has 0 radical (unpaired) electrons.